The van der Waals surface area contributed by atoms with Crippen molar-refractivity contribution >= 4 is 11.6 Å². The maximum Gasteiger partial charge on any atom is 0.0440 e. The van der Waals surface area contributed by atoms with Crippen LogP contribution in [-0.4, -0.2) is 6.54 Å². The quantitative estimate of drug-likeness (QED) is 0.858. The largest absolute Gasteiger partial charge is 0.330 e. The Morgan fingerprint density at radius 3 is 2.61 bits per heavy atom. The van der Waals surface area contributed by atoms with E-state index in [-0.39, 0.29) is 0 Å². The molecule has 3 unspecified atom stereocenters. The smallest absolute Gasteiger partial charge is 0.0440 e. The number of rotatable bonds is 3. The lowest BCUT2D eigenvalue weighted by atomic mass is 9.68. The fourth-order valence-corrected chi connectivity index (χ4v) is 3.59. The van der Waals surface area contributed by atoms with Gasteiger partial charge in [0.2, 0.25) is 0 Å². The van der Waals surface area contributed by atoms with Crippen molar-refractivity contribution in [3.8, 4) is 0 Å². The van der Waals surface area contributed by atoms with Crippen molar-refractivity contribution in [3.05, 3.63) is 34.9 Å². The Hall–Kier alpha value is -0.530. The molecule has 18 heavy (non-hydrogen) atoms. The minimum Gasteiger partial charge on any atom is -0.330 e. The van der Waals surface area contributed by atoms with Gasteiger partial charge in [-0.3, -0.25) is 0 Å². The zero-order valence-corrected chi connectivity index (χ0v) is 12.2. The maximum absolute atomic E-state index is 6.37. The highest BCUT2D eigenvalue weighted by atomic mass is 35.5. The van der Waals surface area contributed by atoms with Crippen LogP contribution in [0.5, 0.6) is 0 Å². The molecule has 0 saturated heterocycles. The molecule has 1 nitrogen and oxygen atoms in total. The molecule has 0 radical (unpaired) electrons. The van der Waals surface area contributed by atoms with E-state index >= 15 is 0 Å². The molecule has 2 N–H and O–H groups in total. The first-order valence-corrected chi connectivity index (χ1v) is 7.45. The van der Waals surface area contributed by atoms with Gasteiger partial charge in [0.15, 0.2) is 0 Å². The second-order valence-electron chi connectivity index (χ2n) is 5.94. The predicted molar refractivity (Wildman–Crippen MR) is 78.9 cm³/mol. The fraction of sp³-hybridized carbons (Fsp3) is 0.625. The lowest BCUT2D eigenvalue weighted by molar-refractivity contribution is 0.197. The molecule has 3 atom stereocenters. The van der Waals surface area contributed by atoms with Crippen LogP contribution in [0.25, 0.3) is 0 Å². The fourth-order valence-electron chi connectivity index (χ4n) is 3.31. The van der Waals surface area contributed by atoms with Crippen molar-refractivity contribution in [1.82, 2.24) is 0 Å². The summed E-state index contributed by atoms with van der Waals surface area (Å²) >= 11 is 6.37. The van der Waals surface area contributed by atoms with Crippen molar-refractivity contribution in [3.63, 3.8) is 0 Å². The lowest BCUT2D eigenvalue weighted by Gasteiger charge is -2.38. The number of nitrogens with two attached hydrogens (primary N) is 1. The second-order valence-corrected chi connectivity index (χ2v) is 6.35. The van der Waals surface area contributed by atoms with E-state index in [2.05, 4.69) is 26.0 Å². The van der Waals surface area contributed by atoms with Crippen LogP contribution in [0.4, 0.5) is 0 Å². The van der Waals surface area contributed by atoms with Gasteiger partial charge in [-0.05, 0) is 61.1 Å². The van der Waals surface area contributed by atoms with Gasteiger partial charge in [0, 0.05) is 5.02 Å². The van der Waals surface area contributed by atoms with Gasteiger partial charge in [0.05, 0.1) is 0 Å². The molecule has 1 aliphatic carbocycles. The van der Waals surface area contributed by atoms with Crippen molar-refractivity contribution in [2.75, 3.05) is 6.54 Å². The Labute approximate surface area is 116 Å². The molecule has 0 spiro atoms. The highest BCUT2D eigenvalue weighted by molar-refractivity contribution is 6.31. The molecule has 1 fully saturated rings. The zero-order chi connectivity index (χ0) is 13.1. The molecule has 0 aromatic heterocycles. The van der Waals surface area contributed by atoms with E-state index in [1.54, 1.807) is 0 Å². The van der Waals surface area contributed by atoms with Crippen molar-refractivity contribution in [2.24, 2.45) is 23.5 Å². The van der Waals surface area contributed by atoms with Gasteiger partial charge in [-0.1, -0.05) is 43.6 Å². The van der Waals surface area contributed by atoms with Crippen LogP contribution in [0.3, 0.4) is 0 Å². The highest BCUT2D eigenvalue weighted by Gasteiger charge is 2.32. The van der Waals surface area contributed by atoms with E-state index in [0.29, 0.717) is 11.8 Å². The molecule has 1 saturated carbocycles. The first-order valence-electron chi connectivity index (χ1n) is 7.08. The summed E-state index contributed by atoms with van der Waals surface area (Å²) < 4.78 is 0. The summed E-state index contributed by atoms with van der Waals surface area (Å²) in [5.74, 6) is 2.72. The van der Waals surface area contributed by atoms with Crippen molar-refractivity contribution < 1.29 is 0 Å². The first kappa shape index (κ1) is 13.9. The average molecular weight is 266 g/mol. The number of hydrogen-bond donors (Lipinski definition) is 1. The summed E-state index contributed by atoms with van der Waals surface area (Å²) in [5, 5.41) is 0.908. The number of benzene rings is 1. The summed E-state index contributed by atoms with van der Waals surface area (Å²) in [6.07, 6.45) is 3.80. The number of hydrogen-bond acceptors (Lipinski definition) is 1. The highest BCUT2D eigenvalue weighted by Crippen LogP contribution is 2.44. The molecular formula is C16H24ClN. The lowest BCUT2D eigenvalue weighted by Crippen LogP contribution is -2.30. The van der Waals surface area contributed by atoms with E-state index < -0.39 is 0 Å². The number of halogens is 1. The molecule has 1 aromatic rings. The topological polar surface area (TPSA) is 26.0 Å². The first-order chi connectivity index (χ1) is 8.63. The Balaban J connectivity index is 2.24. The minimum atomic E-state index is 0.546. The third-order valence-corrected chi connectivity index (χ3v) is 4.93. The molecular weight excluding hydrogens is 242 g/mol. The van der Waals surface area contributed by atoms with E-state index in [1.807, 2.05) is 12.1 Å². The van der Waals surface area contributed by atoms with Crippen LogP contribution in [0, 0.1) is 17.8 Å². The third-order valence-electron chi connectivity index (χ3n) is 4.58. The van der Waals surface area contributed by atoms with Crippen LogP contribution >= 0.6 is 11.6 Å². The van der Waals surface area contributed by atoms with Crippen LogP contribution in [-0.2, 0) is 0 Å². The molecule has 0 bridgehead atoms. The normalized spacial score (nSPS) is 28.6. The van der Waals surface area contributed by atoms with E-state index in [0.717, 1.165) is 23.4 Å². The van der Waals surface area contributed by atoms with Crippen LogP contribution in [0.15, 0.2) is 24.3 Å². The Kier molecular flexibility index (Phi) is 4.69. The van der Waals surface area contributed by atoms with Crippen LogP contribution in [0.1, 0.15) is 44.6 Å². The predicted octanol–water partition coefficient (Wildman–Crippen LogP) is 4.45. The molecule has 1 aromatic carbocycles. The Bertz CT molecular complexity index is 388. The van der Waals surface area contributed by atoms with Crippen LogP contribution < -0.4 is 5.73 Å². The summed E-state index contributed by atoms with van der Waals surface area (Å²) in [5.41, 5.74) is 7.27. The van der Waals surface area contributed by atoms with Gasteiger partial charge < -0.3 is 5.73 Å². The van der Waals surface area contributed by atoms with Gasteiger partial charge in [-0.2, -0.15) is 0 Å². The van der Waals surface area contributed by atoms with Crippen LogP contribution in [0.2, 0.25) is 5.02 Å². The van der Waals surface area contributed by atoms with E-state index in [9.17, 15) is 0 Å². The molecule has 100 valence electrons. The standard InChI is InChI=1S/C16H24ClN/c1-11(2)12-7-8-13(10-18)15(9-12)14-5-3-4-6-16(14)17/h3-6,11-13,15H,7-10,18H2,1-2H3. The Morgan fingerprint density at radius 2 is 2.00 bits per heavy atom. The maximum atomic E-state index is 6.37. The third kappa shape index (κ3) is 2.89. The summed E-state index contributed by atoms with van der Waals surface area (Å²) in [7, 11) is 0. The molecule has 2 rings (SSSR count). The van der Waals surface area contributed by atoms with Gasteiger partial charge in [0.25, 0.3) is 0 Å². The van der Waals surface area contributed by atoms with Gasteiger partial charge in [-0.15, -0.1) is 0 Å². The van der Waals surface area contributed by atoms with Gasteiger partial charge >= 0.3 is 0 Å². The SMILES string of the molecule is CC(C)C1CCC(CN)C(c2ccccc2Cl)C1. The molecule has 2 heteroatoms. The summed E-state index contributed by atoms with van der Waals surface area (Å²) in [6.45, 7) is 5.44. The summed E-state index contributed by atoms with van der Waals surface area (Å²) in [6, 6.07) is 8.28. The monoisotopic (exact) mass is 265 g/mol. The summed E-state index contributed by atoms with van der Waals surface area (Å²) in [4.78, 5) is 0. The second kappa shape index (κ2) is 6.08. The average Bonchev–Trinajstić information content (AvgIpc) is 2.38. The molecule has 0 amide bonds. The molecule has 1 aliphatic rings. The molecule has 0 heterocycles. The Morgan fingerprint density at radius 1 is 1.28 bits per heavy atom. The van der Waals surface area contributed by atoms with Gasteiger partial charge in [-0.25, -0.2) is 0 Å². The van der Waals surface area contributed by atoms with E-state index in [1.165, 1.54) is 24.8 Å². The zero-order valence-electron chi connectivity index (χ0n) is 11.4. The van der Waals surface area contributed by atoms with Crippen molar-refractivity contribution in [2.45, 2.75) is 39.0 Å². The molecule has 0 aliphatic heterocycles. The van der Waals surface area contributed by atoms with Gasteiger partial charge in [0.1, 0.15) is 0 Å². The van der Waals surface area contributed by atoms with E-state index in [4.69, 9.17) is 17.3 Å². The minimum absolute atomic E-state index is 0.546. The van der Waals surface area contributed by atoms with Crippen molar-refractivity contribution in [1.29, 1.82) is 0 Å².